The predicted octanol–water partition coefficient (Wildman–Crippen LogP) is 3.83. The molecule has 1 heterocycles. The molecular weight excluding hydrogens is 318 g/mol. The number of benzene rings is 1. The van der Waals surface area contributed by atoms with Gasteiger partial charge in [-0.2, -0.15) is 0 Å². The van der Waals surface area contributed by atoms with Gasteiger partial charge in [-0.1, -0.05) is 45.0 Å². The highest BCUT2D eigenvalue weighted by Gasteiger charge is 2.12. The number of amides is 2. The fourth-order valence-electron chi connectivity index (χ4n) is 2.38. The van der Waals surface area contributed by atoms with Gasteiger partial charge in [-0.05, 0) is 29.9 Å². The lowest BCUT2D eigenvalue weighted by Gasteiger charge is -2.19. The lowest BCUT2D eigenvalue weighted by Crippen LogP contribution is -2.37. The summed E-state index contributed by atoms with van der Waals surface area (Å²) in [6.07, 6.45) is 1.61. The van der Waals surface area contributed by atoms with Crippen LogP contribution in [0.2, 0.25) is 0 Å². The molecule has 0 unspecified atom stereocenters. The summed E-state index contributed by atoms with van der Waals surface area (Å²) in [5, 5.41) is 8.87. The standard InChI is InChI=1S/C19H27N3OS/c1-14-22-17(13-24-14)10-12-21-18(23)20-11-9-15-5-7-16(8-6-15)19(2,3)4/h5-8,13H,9-12H2,1-4H3,(H2,20,21,23). The Labute approximate surface area is 148 Å². The summed E-state index contributed by atoms with van der Waals surface area (Å²) in [5.41, 5.74) is 3.78. The first kappa shape index (κ1) is 18.5. The molecule has 4 nitrogen and oxygen atoms in total. The van der Waals surface area contributed by atoms with Gasteiger partial charge in [0.1, 0.15) is 0 Å². The molecule has 0 aliphatic heterocycles. The van der Waals surface area contributed by atoms with Crippen molar-refractivity contribution in [1.29, 1.82) is 0 Å². The summed E-state index contributed by atoms with van der Waals surface area (Å²) in [7, 11) is 0. The Morgan fingerprint density at radius 2 is 1.71 bits per heavy atom. The van der Waals surface area contributed by atoms with Gasteiger partial charge in [-0.15, -0.1) is 11.3 Å². The smallest absolute Gasteiger partial charge is 0.314 e. The highest BCUT2D eigenvalue weighted by Crippen LogP contribution is 2.22. The van der Waals surface area contributed by atoms with E-state index in [1.807, 2.05) is 12.3 Å². The third-order valence-corrected chi connectivity index (χ3v) is 4.67. The number of aromatic nitrogens is 1. The normalized spacial score (nSPS) is 11.3. The maximum absolute atomic E-state index is 11.8. The van der Waals surface area contributed by atoms with Crippen molar-refractivity contribution in [1.82, 2.24) is 15.6 Å². The van der Waals surface area contributed by atoms with Crippen molar-refractivity contribution < 1.29 is 4.79 Å². The number of urea groups is 1. The number of aryl methyl sites for hydroxylation is 1. The topological polar surface area (TPSA) is 54.0 Å². The molecule has 5 heteroatoms. The van der Waals surface area contributed by atoms with E-state index in [4.69, 9.17) is 0 Å². The van der Waals surface area contributed by atoms with E-state index in [2.05, 4.69) is 60.7 Å². The second kappa shape index (κ2) is 8.29. The summed E-state index contributed by atoms with van der Waals surface area (Å²) < 4.78 is 0. The lowest BCUT2D eigenvalue weighted by molar-refractivity contribution is 0.241. The van der Waals surface area contributed by atoms with Crippen molar-refractivity contribution in [2.45, 2.75) is 46.0 Å². The number of carbonyl (C=O) groups excluding carboxylic acids is 1. The number of carbonyl (C=O) groups is 1. The fourth-order valence-corrected chi connectivity index (χ4v) is 3.03. The third-order valence-electron chi connectivity index (χ3n) is 3.85. The van der Waals surface area contributed by atoms with E-state index in [0.717, 1.165) is 23.5 Å². The van der Waals surface area contributed by atoms with Crippen LogP contribution in [0.3, 0.4) is 0 Å². The molecule has 1 aromatic carbocycles. The second-order valence-electron chi connectivity index (χ2n) is 6.99. The Kier molecular flexibility index (Phi) is 6.37. The SMILES string of the molecule is Cc1nc(CCNC(=O)NCCc2ccc(C(C)(C)C)cc2)cs1. The molecule has 2 amide bonds. The van der Waals surface area contributed by atoms with Crippen molar-refractivity contribution in [3.8, 4) is 0 Å². The first-order valence-electron chi connectivity index (χ1n) is 8.37. The molecule has 24 heavy (non-hydrogen) atoms. The second-order valence-corrected chi connectivity index (χ2v) is 8.05. The van der Waals surface area contributed by atoms with Gasteiger partial charge in [0.25, 0.3) is 0 Å². The molecule has 2 rings (SSSR count). The number of nitrogens with zero attached hydrogens (tertiary/aromatic N) is 1. The van der Waals surface area contributed by atoms with Gasteiger partial charge in [0.2, 0.25) is 0 Å². The van der Waals surface area contributed by atoms with E-state index < -0.39 is 0 Å². The number of nitrogens with one attached hydrogen (secondary N) is 2. The largest absolute Gasteiger partial charge is 0.338 e. The van der Waals surface area contributed by atoms with Crippen molar-refractivity contribution in [3.63, 3.8) is 0 Å². The lowest BCUT2D eigenvalue weighted by atomic mass is 9.86. The molecule has 0 atom stereocenters. The molecule has 2 N–H and O–H groups in total. The summed E-state index contributed by atoms with van der Waals surface area (Å²) in [6, 6.07) is 8.51. The highest BCUT2D eigenvalue weighted by atomic mass is 32.1. The third kappa shape index (κ3) is 5.96. The molecule has 0 radical (unpaired) electrons. The van der Waals surface area contributed by atoms with Gasteiger partial charge in [0.15, 0.2) is 0 Å². The van der Waals surface area contributed by atoms with Crippen LogP contribution in [0.25, 0.3) is 0 Å². The number of thiazole rings is 1. The minimum Gasteiger partial charge on any atom is -0.338 e. The summed E-state index contributed by atoms with van der Waals surface area (Å²) in [5.74, 6) is 0. The van der Waals surface area contributed by atoms with Crippen molar-refractivity contribution in [2.75, 3.05) is 13.1 Å². The zero-order chi connectivity index (χ0) is 17.6. The Hall–Kier alpha value is -1.88. The van der Waals surface area contributed by atoms with Crippen LogP contribution in [0.4, 0.5) is 4.79 Å². The monoisotopic (exact) mass is 345 g/mol. The Balaban J connectivity index is 1.65. The summed E-state index contributed by atoms with van der Waals surface area (Å²) in [6.45, 7) is 9.86. The van der Waals surface area contributed by atoms with Crippen molar-refractivity contribution in [3.05, 3.63) is 51.5 Å². The van der Waals surface area contributed by atoms with Crippen LogP contribution in [0.5, 0.6) is 0 Å². The molecule has 2 aromatic rings. The van der Waals surface area contributed by atoms with Gasteiger partial charge in [0.05, 0.1) is 10.7 Å². The van der Waals surface area contributed by atoms with Crippen LogP contribution >= 0.6 is 11.3 Å². The van der Waals surface area contributed by atoms with Gasteiger partial charge < -0.3 is 10.6 Å². The molecule has 0 fully saturated rings. The zero-order valence-corrected chi connectivity index (χ0v) is 15.8. The summed E-state index contributed by atoms with van der Waals surface area (Å²) in [4.78, 5) is 16.2. The number of rotatable bonds is 6. The first-order chi connectivity index (χ1) is 11.3. The molecule has 1 aromatic heterocycles. The van der Waals surface area contributed by atoms with E-state index in [1.54, 1.807) is 11.3 Å². The Morgan fingerprint density at radius 1 is 1.08 bits per heavy atom. The minimum absolute atomic E-state index is 0.117. The Bertz CT molecular complexity index is 656. The van der Waals surface area contributed by atoms with Crippen LogP contribution in [-0.4, -0.2) is 24.1 Å². The minimum atomic E-state index is -0.117. The zero-order valence-electron chi connectivity index (χ0n) is 15.0. The highest BCUT2D eigenvalue weighted by molar-refractivity contribution is 7.09. The van der Waals surface area contributed by atoms with E-state index in [0.29, 0.717) is 13.1 Å². The Morgan fingerprint density at radius 3 is 2.25 bits per heavy atom. The van der Waals surface area contributed by atoms with Crippen LogP contribution in [0.1, 0.15) is 42.6 Å². The molecule has 0 bridgehead atoms. The quantitative estimate of drug-likeness (QED) is 0.836. The van der Waals surface area contributed by atoms with E-state index in [-0.39, 0.29) is 11.4 Å². The molecule has 0 aliphatic carbocycles. The molecular formula is C19H27N3OS. The number of hydrogen-bond acceptors (Lipinski definition) is 3. The van der Waals surface area contributed by atoms with Gasteiger partial charge in [0, 0.05) is 24.9 Å². The van der Waals surface area contributed by atoms with Crippen molar-refractivity contribution >= 4 is 17.4 Å². The van der Waals surface area contributed by atoms with E-state index in [9.17, 15) is 4.79 Å². The van der Waals surface area contributed by atoms with Gasteiger partial charge in [-0.3, -0.25) is 0 Å². The first-order valence-corrected chi connectivity index (χ1v) is 9.25. The van der Waals surface area contributed by atoms with Crippen molar-refractivity contribution in [2.24, 2.45) is 0 Å². The molecule has 0 saturated heterocycles. The fraction of sp³-hybridized carbons (Fsp3) is 0.474. The van der Waals surface area contributed by atoms with E-state index >= 15 is 0 Å². The van der Waals surface area contributed by atoms with Gasteiger partial charge >= 0.3 is 6.03 Å². The average molecular weight is 346 g/mol. The molecule has 130 valence electrons. The molecule has 0 saturated carbocycles. The average Bonchev–Trinajstić information content (AvgIpc) is 2.92. The molecule has 0 spiro atoms. The summed E-state index contributed by atoms with van der Waals surface area (Å²) >= 11 is 1.64. The van der Waals surface area contributed by atoms with Gasteiger partial charge in [-0.25, -0.2) is 9.78 Å². The predicted molar refractivity (Wildman–Crippen MR) is 101 cm³/mol. The van der Waals surface area contributed by atoms with Crippen LogP contribution in [0, 0.1) is 6.92 Å². The van der Waals surface area contributed by atoms with Crippen LogP contribution in [0.15, 0.2) is 29.6 Å². The maximum Gasteiger partial charge on any atom is 0.314 e. The maximum atomic E-state index is 11.8. The number of hydrogen-bond donors (Lipinski definition) is 2. The van der Waals surface area contributed by atoms with E-state index in [1.165, 1.54) is 11.1 Å². The van der Waals surface area contributed by atoms with Crippen LogP contribution < -0.4 is 10.6 Å². The van der Waals surface area contributed by atoms with Crippen LogP contribution in [-0.2, 0) is 18.3 Å². The molecule has 0 aliphatic rings.